The topological polar surface area (TPSA) is 115 Å². The van der Waals surface area contributed by atoms with Crippen molar-refractivity contribution >= 4 is 15.2 Å². The molecule has 6 nitrogen and oxygen atoms in total. The molecule has 2 atom stereocenters. The molecular weight excluding hydrogens is 230 g/mol. The second kappa shape index (κ2) is 3.41. The molecule has 0 aromatic carbocycles. The summed E-state index contributed by atoms with van der Waals surface area (Å²) in [5.74, 6) is 0. The standard InChI is InChI=1S/C6H14O6P2/c1-6(14(10,11)12)4-2-3-5(6)13(7,8)9/h5H,2-4H2,1H3,(H2,7,8,9)(H2,10,11,12). The summed E-state index contributed by atoms with van der Waals surface area (Å²) in [6.45, 7) is 1.25. The van der Waals surface area contributed by atoms with Crippen molar-refractivity contribution in [2.45, 2.75) is 37.0 Å². The van der Waals surface area contributed by atoms with Crippen molar-refractivity contribution in [2.75, 3.05) is 0 Å². The Hall–Kier alpha value is 0.300. The van der Waals surface area contributed by atoms with Crippen molar-refractivity contribution in [1.82, 2.24) is 0 Å². The first-order chi connectivity index (χ1) is 6.09. The van der Waals surface area contributed by atoms with Gasteiger partial charge in [-0.1, -0.05) is 6.42 Å². The van der Waals surface area contributed by atoms with Crippen LogP contribution in [0, 0.1) is 0 Å². The summed E-state index contributed by atoms with van der Waals surface area (Å²) in [5.41, 5.74) is -1.21. The summed E-state index contributed by atoms with van der Waals surface area (Å²) in [7, 11) is -8.89. The Labute approximate surface area is 81.7 Å². The summed E-state index contributed by atoms with van der Waals surface area (Å²) in [4.78, 5) is 36.1. The molecule has 0 radical (unpaired) electrons. The fourth-order valence-electron chi connectivity index (χ4n) is 2.00. The van der Waals surface area contributed by atoms with Gasteiger partial charge in [0.25, 0.3) is 0 Å². The van der Waals surface area contributed by atoms with E-state index in [0.29, 0.717) is 6.42 Å². The SMILES string of the molecule is CC1(P(=O)(O)O)CCCC1P(=O)(O)O. The van der Waals surface area contributed by atoms with E-state index in [4.69, 9.17) is 19.6 Å². The van der Waals surface area contributed by atoms with E-state index in [1.54, 1.807) is 0 Å². The van der Waals surface area contributed by atoms with Crippen LogP contribution in [-0.2, 0) is 9.13 Å². The molecule has 84 valence electrons. The maximum Gasteiger partial charge on any atom is 0.332 e. The maximum atomic E-state index is 11.2. The number of hydrogen-bond donors (Lipinski definition) is 4. The van der Waals surface area contributed by atoms with Crippen LogP contribution in [0.3, 0.4) is 0 Å². The molecule has 0 aromatic rings. The Balaban J connectivity index is 3.12. The monoisotopic (exact) mass is 244 g/mol. The quantitative estimate of drug-likeness (QED) is 0.530. The first kappa shape index (κ1) is 12.4. The molecule has 0 bridgehead atoms. The second-order valence-corrected chi connectivity index (χ2v) is 7.81. The van der Waals surface area contributed by atoms with Crippen LogP contribution in [0.5, 0.6) is 0 Å². The molecular formula is C6H14O6P2. The highest BCUT2D eigenvalue weighted by molar-refractivity contribution is 7.58. The fraction of sp³-hybridized carbons (Fsp3) is 1.00. The van der Waals surface area contributed by atoms with Gasteiger partial charge in [0.05, 0.1) is 10.8 Å². The number of rotatable bonds is 2. The molecule has 0 heterocycles. The first-order valence-electron chi connectivity index (χ1n) is 4.20. The maximum absolute atomic E-state index is 11.2. The van der Waals surface area contributed by atoms with Gasteiger partial charge in [0.2, 0.25) is 0 Å². The molecule has 0 amide bonds. The molecule has 4 N–H and O–H groups in total. The Morgan fingerprint density at radius 1 is 1.21 bits per heavy atom. The lowest BCUT2D eigenvalue weighted by molar-refractivity contribution is 0.309. The molecule has 0 spiro atoms. The summed E-state index contributed by atoms with van der Waals surface area (Å²) < 4.78 is 22.2. The summed E-state index contributed by atoms with van der Waals surface area (Å²) in [5, 5.41) is -1.56. The molecule has 14 heavy (non-hydrogen) atoms. The van der Waals surface area contributed by atoms with E-state index in [1.165, 1.54) is 6.92 Å². The van der Waals surface area contributed by atoms with E-state index < -0.39 is 26.0 Å². The zero-order chi connectivity index (χ0) is 11.2. The third kappa shape index (κ3) is 1.96. The molecule has 1 rings (SSSR count). The lowest BCUT2D eigenvalue weighted by Crippen LogP contribution is -2.33. The molecule has 2 unspecified atom stereocenters. The summed E-state index contributed by atoms with van der Waals surface area (Å²) in [6, 6.07) is 0. The van der Waals surface area contributed by atoms with Crippen LogP contribution in [0.1, 0.15) is 26.2 Å². The fourth-order valence-corrected chi connectivity index (χ4v) is 5.24. The molecule has 1 aliphatic rings. The van der Waals surface area contributed by atoms with Gasteiger partial charge in [0.1, 0.15) is 0 Å². The van der Waals surface area contributed by atoms with Gasteiger partial charge in [-0.05, 0) is 19.8 Å². The zero-order valence-corrected chi connectivity index (χ0v) is 9.49. The van der Waals surface area contributed by atoms with Crippen molar-refractivity contribution in [3.05, 3.63) is 0 Å². The Kier molecular flexibility index (Phi) is 3.01. The van der Waals surface area contributed by atoms with Crippen molar-refractivity contribution in [3.8, 4) is 0 Å². The van der Waals surface area contributed by atoms with Crippen LogP contribution >= 0.6 is 15.2 Å². The average molecular weight is 244 g/mol. The molecule has 0 aromatic heterocycles. The van der Waals surface area contributed by atoms with Crippen molar-refractivity contribution in [1.29, 1.82) is 0 Å². The lowest BCUT2D eigenvalue weighted by atomic mass is 10.1. The van der Waals surface area contributed by atoms with Crippen LogP contribution in [0.15, 0.2) is 0 Å². The largest absolute Gasteiger partial charge is 0.332 e. The molecule has 1 fully saturated rings. The highest BCUT2D eigenvalue weighted by atomic mass is 31.2. The zero-order valence-electron chi connectivity index (χ0n) is 7.70. The van der Waals surface area contributed by atoms with E-state index in [2.05, 4.69) is 0 Å². The smallest absolute Gasteiger partial charge is 0.324 e. The van der Waals surface area contributed by atoms with Gasteiger partial charge < -0.3 is 19.6 Å². The first-order valence-corrected chi connectivity index (χ1v) is 7.49. The Morgan fingerprint density at radius 3 is 2.00 bits per heavy atom. The Bertz CT molecular complexity index is 316. The van der Waals surface area contributed by atoms with Gasteiger partial charge in [0.15, 0.2) is 0 Å². The van der Waals surface area contributed by atoms with Crippen molar-refractivity contribution in [2.24, 2.45) is 0 Å². The van der Waals surface area contributed by atoms with Gasteiger partial charge >= 0.3 is 15.2 Å². The molecule has 0 saturated heterocycles. The van der Waals surface area contributed by atoms with Crippen LogP contribution in [0.4, 0.5) is 0 Å². The third-order valence-electron chi connectivity index (χ3n) is 2.95. The van der Waals surface area contributed by atoms with Gasteiger partial charge in [-0.15, -0.1) is 0 Å². The van der Waals surface area contributed by atoms with Gasteiger partial charge in [0, 0.05) is 0 Å². The van der Waals surface area contributed by atoms with E-state index >= 15 is 0 Å². The lowest BCUT2D eigenvalue weighted by Gasteiger charge is -2.32. The third-order valence-corrected chi connectivity index (χ3v) is 6.66. The predicted molar refractivity (Wildman–Crippen MR) is 50.1 cm³/mol. The van der Waals surface area contributed by atoms with E-state index in [0.717, 1.165) is 0 Å². The summed E-state index contributed by atoms with van der Waals surface area (Å²) >= 11 is 0. The minimum atomic E-state index is -4.47. The van der Waals surface area contributed by atoms with Crippen LogP contribution in [0.25, 0.3) is 0 Å². The minimum Gasteiger partial charge on any atom is -0.324 e. The van der Waals surface area contributed by atoms with Crippen molar-refractivity contribution < 1.29 is 28.7 Å². The molecule has 1 saturated carbocycles. The summed E-state index contributed by atoms with van der Waals surface area (Å²) in [6.07, 6.45) is 0.774. The average Bonchev–Trinajstić information content (AvgIpc) is 2.28. The van der Waals surface area contributed by atoms with Crippen LogP contribution in [-0.4, -0.2) is 30.4 Å². The highest BCUT2D eigenvalue weighted by Gasteiger charge is 2.57. The Morgan fingerprint density at radius 2 is 1.71 bits per heavy atom. The van der Waals surface area contributed by atoms with Gasteiger partial charge in [-0.25, -0.2) is 0 Å². The van der Waals surface area contributed by atoms with Crippen LogP contribution in [0.2, 0.25) is 0 Å². The minimum absolute atomic E-state index is 0.160. The molecule has 8 heteroatoms. The second-order valence-electron chi connectivity index (χ2n) is 3.90. The predicted octanol–water partition coefficient (Wildman–Crippen LogP) is 0.653. The van der Waals surface area contributed by atoms with Crippen LogP contribution < -0.4 is 0 Å². The highest BCUT2D eigenvalue weighted by Crippen LogP contribution is 2.67. The van der Waals surface area contributed by atoms with E-state index in [1.807, 2.05) is 0 Å². The van der Waals surface area contributed by atoms with Crippen molar-refractivity contribution in [3.63, 3.8) is 0 Å². The van der Waals surface area contributed by atoms with Gasteiger partial charge in [-0.3, -0.25) is 9.13 Å². The normalized spacial score (nSPS) is 34.8. The molecule has 1 aliphatic carbocycles. The number of hydrogen-bond acceptors (Lipinski definition) is 2. The van der Waals surface area contributed by atoms with Gasteiger partial charge in [-0.2, -0.15) is 0 Å². The van der Waals surface area contributed by atoms with E-state index in [-0.39, 0.29) is 12.8 Å². The van der Waals surface area contributed by atoms with E-state index in [9.17, 15) is 9.13 Å². The molecule has 0 aliphatic heterocycles.